The summed E-state index contributed by atoms with van der Waals surface area (Å²) in [6, 6.07) is 9.74. The van der Waals surface area contributed by atoms with Gasteiger partial charge in [0.2, 0.25) is 11.8 Å². The van der Waals surface area contributed by atoms with E-state index in [0.29, 0.717) is 24.7 Å². The maximum Gasteiger partial charge on any atom is 0.220 e. The predicted molar refractivity (Wildman–Crippen MR) is 74.4 cm³/mol. The molecule has 102 valence electrons. The van der Waals surface area contributed by atoms with Crippen molar-refractivity contribution >= 4 is 5.91 Å². The first-order chi connectivity index (χ1) is 9.76. The monoisotopic (exact) mass is 269 g/mol. The summed E-state index contributed by atoms with van der Waals surface area (Å²) in [4.78, 5) is 19.8. The Balaban J connectivity index is 1.83. The van der Waals surface area contributed by atoms with E-state index in [1.807, 2.05) is 24.3 Å². The summed E-state index contributed by atoms with van der Waals surface area (Å²) in [5.41, 5.74) is 2.10. The lowest BCUT2D eigenvalue weighted by atomic mass is 9.97. The molecule has 1 aliphatic heterocycles. The van der Waals surface area contributed by atoms with Crippen LogP contribution in [-0.2, 0) is 4.79 Å². The summed E-state index contributed by atoms with van der Waals surface area (Å²) in [5.74, 6) is 1.57. The fourth-order valence-electron chi connectivity index (χ4n) is 2.34. The first-order valence-electron chi connectivity index (χ1n) is 6.50. The van der Waals surface area contributed by atoms with Crippen molar-refractivity contribution in [2.75, 3.05) is 13.7 Å². The molecule has 0 spiro atoms. The molecule has 0 aliphatic carbocycles. The van der Waals surface area contributed by atoms with Crippen LogP contribution in [0.25, 0.3) is 11.4 Å². The highest BCUT2D eigenvalue weighted by atomic mass is 16.5. The van der Waals surface area contributed by atoms with Crippen LogP contribution in [0.3, 0.4) is 0 Å². The normalized spacial score (nSPS) is 17.9. The second kappa shape index (κ2) is 5.28. The van der Waals surface area contributed by atoms with Crippen molar-refractivity contribution in [2.45, 2.75) is 12.3 Å². The Hall–Kier alpha value is -2.43. The number of methoxy groups -OCH3 is 1. The largest absolute Gasteiger partial charge is 0.481 e. The van der Waals surface area contributed by atoms with Crippen molar-refractivity contribution in [2.24, 2.45) is 0 Å². The third-order valence-corrected chi connectivity index (χ3v) is 3.46. The summed E-state index contributed by atoms with van der Waals surface area (Å²) in [6.07, 6.45) is 2.24. The topological polar surface area (TPSA) is 64.1 Å². The van der Waals surface area contributed by atoms with E-state index in [4.69, 9.17) is 4.74 Å². The number of nitrogens with one attached hydrogen (secondary N) is 1. The lowest BCUT2D eigenvalue weighted by molar-refractivity contribution is -0.119. The third kappa shape index (κ3) is 2.47. The SMILES string of the molecule is COc1ccnc(-c2ccc(C3CNC(=O)C3)cc2)n1. The van der Waals surface area contributed by atoms with Crippen molar-refractivity contribution in [3.63, 3.8) is 0 Å². The van der Waals surface area contributed by atoms with Gasteiger partial charge in [0.1, 0.15) is 0 Å². The number of rotatable bonds is 3. The number of benzene rings is 1. The van der Waals surface area contributed by atoms with Gasteiger partial charge in [-0.2, -0.15) is 4.98 Å². The number of ether oxygens (including phenoxy) is 1. The maximum atomic E-state index is 11.2. The molecule has 2 heterocycles. The quantitative estimate of drug-likeness (QED) is 0.922. The molecule has 5 nitrogen and oxygen atoms in total. The average molecular weight is 269 g/mol. The molecule has 1 aromatic carbocycles. The Kier molecular flexibility index (Phi) is 3.33. The molecule has 1 aromatic heterocycles. The molecule has 1 N–H and O–H groups in total. The Bertz CT molecular complexity index is 625. The van der Waals surface area contributed by atoms with E-state index >= 15 is 0 Å². The molecule has 0 radical (unpaired) electrons. The van der Waals surface area contributed by atoms with E-state index in [9.17, 15) is 4.79 Å². The minimum absolute atomic E-state index is 0.121. The summed E-state index contributed by atoms with van der Waals surface area (Å²) in [7, 11) is 1.58. The molecule has 1 unspecified atom stereocenters. The van der Waals surface area contributed by atoms with Crippen LogP contribution < -0.4 is 10.1 Å². The minimum atomic E-state index is 0.121. The minimum Gasteiger partial charge on any atom is -0.481 e. The van der Waals surface area contributed by atoms with Gasteiger partial charge in [0.15, 0.2) is 5.82 Å². The predicted octanol–water partition coefficient (Wildman–Crippen LogP) is 1.76. The van der Waals surface area contributed by atoms with E-state index in [0.717, 1.165) is 11.1 Å². The van der Waals surface area contributed by atoms with Gasteiger partial charge in [0.25, 0.3) is 0 Å². The molecule has 20 heavy (non-hydrogen) atoms. The summed E-state index contributed by atoms with van der Waals surface area (Å²) >= 11 is 0. The molecule has 1 saturated heterocycles. The molecule has 0 saturated carbocycles. The standard InChI is InChI=1S/C15H15N3O2/c1-20-14-6-7-16-15(18-14)11-4-2-10(3-5-11)12-8-13(19)17-9-12/h2-7,12H,8-9H2,1H3,(H,17,19). The van der Waals surface area contributed by atoms with Gasteiger partial charge in [-0.3, -0.25) is 4.79 Å². The lowest BCUT2D eigenvalue weighted by Crippen LogP contribution is -2.13. The first-order valence-corrected chi connectivity index (χ1v) is 6.50. The molecule has 0 bridgehead atoms. The van der Waals surface area contributed by atoms with E-state index in [2.05, 4.69) is 15.3 Å². The molecule has 1 aliphatic rings. The highest BCUT2D eigenvalue weighted by Gasteiger charge is 2.22. The van der Waals surface area contributed by atoms with Gasteiger partial charge in [-0.05, 0) is 5.56 Å². The number of amides is 1. The van der Waals surface area contributed by atoms with Crippen LogP contribution in [0.4, 0.5) is 0 Å². The van der Waals surface area contributed by atoms with Crippen LogP contribution in [0.5, 0.6) is 5.88 Å². The Morgan fingerprint density at radius 2 is 2.05 bits per heavy atom. The van der Waals surface area contributed by atoms with Crippen LogP contribution in [0, 0.1) is 0 Å². The van der Waals surface area contributed by atoms with Gasteiger partial charge in [-0.1, -0.05) is 24.3 Å². The zero-order chi connectivity index (χ0) is 13.9. The fourth-order valence-corrected chi connectivity index (χ4v) is 2.34. The summed E-state index contributed by atoms with van der Waals surface area (Å²) in [6.45, 7) is 0.716. The van der Waals surface area contributed by atoms with E-state index in [1.54, 1.807) is 19.4 Å². The number of aromatic nitrogens is 2. The smallest absolute Gasteiger partial charge is 0.220 e. The molecule has 1 amide bonds. The second-order valence-corrected chi connectivity index (χ2v) is 4.75. The van der Waals surface area contributed by atoms with Crippen LogP contribution >= 0.6 is 0 Å². The molecule has 1 fully saturated rings. The number of carbonyl (C=O) groups is 1. The van der Waals surface area contributed by atoms with Crippen LogP contribution in [0.15, 0.2) is 36.5 Å². The van der Waals surface area contributed by atoms with Crippen molar-refractivity contribution < 1.29 is 9.53 Å². The van der Waals surface area contributed by atoms with Gasteiger partial charge in [0, 0.05) is 36.7 Å². The van der Waals surface area contributed by atoms with Gasteiger partial charge < -0.3 is 10.1 Å². The maximum absolute atomic E-state index is 11.2. The Labute approximate surface area is 117 Å². The van der Waals surface area contributed by atoms with E-state index in [1.165, 1.54) is 0 Å². The molecule has 5 heteroatoms. The number of carbonyl (C=O) groups excluding carboxylic acids is 1. The second-order valence-electron chi connectivity index (χ2n) is 4.75. The molecule has 1 atom stereocenters. The molecular weight excluding hydrogens is 254 g/mol. The van der Waals surface area contributed by atoms with Crippen LogP contribution in [-0.4, -0.2) is 29.5 Å². The van der Waals surface area contributed by atoms with Crippen molar-refractivity contribution in [3.05, 3.63) is 42.1 Å². The van der Waals surface area contributed by atoms with Gasteiger partial charge in [-0.25, -0.2) is 4.98 Å². The molecule has 3 rings (SSSR count). The molecular formula is C15H15N3O2. The zero-order valence-electron chi connectivity index (χ0n) is 11.2. The van der Waals surface area contributed by atoms with Gasteiger partial charge in [-0.15, -0.1) is 0 Å². The Morgan fingerprint density at radius 1 is 1.25 bits per heavy atom. The summed E-state index contributed by atoms with van der Waals surface area (Å²) in [5, 5.41) is 2.85. The number of hydrogen-bond donors (Lipinski definition) is 1. The summed E-state index contributed by atoms with van der Waals surface area (Å²) < 4.78 is 5.10. The van der Waals surface area contributed by atoms with Crippen molar-refractivity contribution in [3.8, 4) is 17.3 Å². The van der Waals surface area contributed by atoms with Crippen molar-refractivity contribution in [1.29, 1.82) is 0 Å². The highest BCUT2D eigenvalue weighted by molar-refractivity contribution is 5.79. The third-order valence-electron chi connectivity index (χ3n) is 3.46. The first kappa shape index (κ1) is 12.6. The highest BCUT2D eigenvalue weighted by Crippen LogP contribution is 2.25. The van der Waals surface area contributed by atoms with E-state index in [-0.39, 0.29) is 11.8 Å². The van der Waals surface area contributed by atoms with E-state index < -0.39 is 0 Å². The molecule has 2 aromatic rings. The van der Waals surface area contributed by atoms with Gasteiger partial charge in [0.05, 0.1) is 7.11 Å². The number of hydrogen-bond acceptors (Lipinski definition) is 4. The van der Waals surface area contributed by atoms with Crippen molar-refractivity contribution in [1.82, 2.24) is 15.3 Å². The fraction of sp³-hybridized carbons (Fsp3) is 0.267. The van der Waals surface area contributed by atoms with Crippen LogP contribution in [0.2, 0.25) is 0 Å². The number of nitrogens with zero attached hydrogens (tertiary/aromatic N) is 2. The van der Waals surface area contributed by atoms with Crippen LogP contribution in [0.1, 0.15) is 17.9 Å². The average Bonchev–Trinajstić information content (AvgIpc) is 2.94. The lowest BCUT2D eigenvalue weighted by Gasteiger charge is -2.08. The van der Waals surface area contributed by atoms with Gasteiger partial charge >= 0.3 is 0 Å². The Morgan fingerprint density at radius 3 is 2.70 bits per heavy atom. The zero-order valence-corrected chi connectivity index (χ0v) is 11.2.